The van der Waals surface area contributed by atoms with Crippen LogP contribution in [0.3, 0.4) is 0 Å². The third-order valence-electron chi connectivity index (χ3n) is 3.13. The summed E-state index contributed by atoms with van der Waals surface area (Å²) < 4.78 is 7.02. The Kier molecular flexibility index (Phi) is 3.40. The molecule has 20 heavy (non-hydrogen) atoms. The minimum atomic E-state index is -0.890. The fraction of sp³-hybridized carbons (Fsp3) is 0.0625. The van der Waals surface area contributed by atoms with Crippen molar-refractivity contribution in [3.8, 4) is 11.3 Å². The number of nitrogens with zero attached hydrogens (tertiary/aromatic N) is 1. The Morgan fingerprint density at radius 3 is 2.20 bits per heavy atom. The van der Waals surface area contributed by atoms with E-state index in [2.05, 4.69) is 0 Å². The van der Waals surface area contributed by atoms with Gasteiger partial charge in [0.25, 0.3) is 0 Å². The topological polar surface area (TPSA) is 37.2 Å². The van der Waals surface area contributed by atoms with Crippen LogP contribution in [0, 0.1) is 0 Å². The van der Waals surface area contributed by atoms with Crippen LogP contribution in [0.15, 0.2) is 71.3 Å². The predicted octanol–water partition coefficient (Wildman–Crippen LogP) is 2.25. The van der Waals surface area contributed by atoms with Crippen molar-refractivity contribution in [1.82, 2.24) is 0 Å². The highest BCUT2D eigenvalue weighted by Gasteiger charge is 2.21. The first-order valence-electron chi connectivity index (χ1n) is 6.34. The van der Waals surface area contributed by atoms with Gasteiger partial charge in [-0.1, -0.05) is 60.7 Å². The molecule has 2 aromatic carbocycles. The molecule has 1 heterocycles. The SMILES string of the molecule is [B-][n+]1cc(-c2ccccc2)oc1C(O)c1ccccc1. The quantitative estimate of drug-likeness (QED) is 0.735. The van der Waals surface area contributed by atoms with Gasteiger partial charge in [-0.2, -0.15) is 0 Å². The number of rotatable bonds is 3. The molecule has 0 saturated carbocycles. The highest BCUT2D eigenvalue weighted by molar-refractivity contribution is 5.95. The van der Waals surface area contributed by atoms with Gasteiger partial charge in [0.1, 0.15) is 0 Å². The molecule has 0 amide bonds. The van der Waals surface area contributed by atoms with Gasteiger partial charge in [-0.25, -0.2) is 0 Å². The first-order valence-corrected chi connectivity index (χ1v) is 6.34. The number of hydrogen-bond donors (Lipinski definition) is 1. The lowest BCUT2D eigenvalue weighted by Gasteiger charge is -2.08. The van der Waals surface area contributed by atoms with E-state index in [-0.39, 0.29) is 0 Å². The van der Waals surface area contributed by atoms with Crippen molar-refractivity contribution in [2.45, 2.75) is 6.10 Å². The molecule has 3 radical (unpaired) electrons. The van der Waals surface area contributed by atoms with Crippen molar-refractivity contribution >= 4 is 7.98 Å². The minimum absolute atomic E-state index is 0.301. The number of aromatic nitrogens is 1. The summed E-state index contributed by atoms with van der Waals surface area (Å²) in [5.41, 5.74) is 1.65. The van der Waals surface area contributed by atoms with E-state index in [1.807, 2.05) is 60.7 Å². The molecule has 1 N–H and O–H groups in total. The summed E-state index contributed by atoms with van der Waals surface area (Å²) >= 11 is 0. The lowest BCUT2D eigenvalue weighted by Crippen LogP contribution is -2.34. The molecule has 0 aliphatic rings. The van der Waals surface area contributed by atoms with Crippen LogP contribution in [0.25, 0.3) is 11.3 Å². The van der Waals surface area contributed by atoms with Gasteiger partial charge in [-0.3, -0.25) is 0 Å². The molecule has 1 aromatic heterocycles. The van der Waals surface area contributed by atoms with Crippen LogP contribution >= 0.6 is 0 Å². The summed E-state index contributed by atoms with van der Waals surface area (Å²) in [6.07, 6.45) is 0.773. The fourth-order valence-corrected chi connectivity index (χ4v) is 2.09. The third kappa shape index (κ3) is 2.38. The maximum atomic E-state index is 10.3. The summed E-state index contributed by atoms with van der Waals surface area (Å²) in [7, 11) is 5.88. The minimum Gasteiger partial charge on any atom is -0.476 e. The van der Waals surface area contributed by atoms with Crippen molar-refractivity contribution in [3.63, 3.8) is 0 Å². The molecular formula is C16H13BNO2. The summed E-state index contributed by atoms with van der Waals surface area (Å²) in [5, 5.41) is 10.3. The summed E-state index contributed by atoms with van der Waals surface area (Å²) in [4.78, 5) is 0. The maximum Gasteiger partial charge on any atom is 0.320 e. The molecule has 3 aromatic rings. The van der Waals surface area contributed by atoms with E-state index in [4.69, 9.17) is 12.4 Å². The van der Waals surface area contributed by atoms with Crippen LogP contribution in [-0.2, 0) is 0 Å². The second-order valence-corrected chi connectivity index (χ2v) is 4.52. The molecule has 4 heteroatoms. The van der Waals surface area contributed by atoms with Crippen molar-refractivity contribution in [2.24, 2.45) is 0 Å². The normalized spacial score (nSPS) is 12.3. The Balaban J connectivity index is 1.98. The third-order valence-corrected chi connectivity index (χ3v) is 3.13. The Morgan fingerprint density at radius 1 is 0.950 bits per heavy atom. The second-order valence-electron chi connectivity index (χ2n) is 4.52. The Labute approximate surface area is 118 Å². The standard InChI is InChI=1S/C16H13BNO2/c17-18-11-14(12-7-3-1-4-8-12)20-16(18)15(19)13-9-5-2-6-10-13/h1-11,15,19H. The van der Waals surface area contributed by atoms with Crippen molar-refractivity contribution in [2.75, 3.05) is 0 Å². The summed E-state index contributed by atoms with van der Waals surface area (Å²) in [6.45, 7) is 0. The van der Waals surface area contributed by atoms with Crippen LogP contribution in [0.1, 0.15) is 17.6 Å². The second kappa shape index (κ2) is 5.35. The van der Waals surface area contributed by atoms with E-state index in [9.17, 15) is 5.11 Å². The highest BCUT2D eigenvalue weighted by Crippen LogP contribution is 2.24. The number of oxazole rings is 1. The number of benzene rings is 2. The Bertz CT molecular complexity index is 695. The van der Waals surface area contributed by atoms with E-state index in [1.54, 1.807) is 6.20 Å². The van der Waals surface area contributed by atoms with Gasteiger partial charge < -0.3 is 14.0 Å². The van der Waals surface area contributed by atoms with Gasteiger partial charge in [0, 0.05) is 5.56 Å². The van der Waals surface area contributed by atoms with Crippen LogP contribution in [0.4, 0.5) is 0 Å². The van der Waals surface area contributed by atoms with E-state index in [0.717, 1.165) is 11.1 Å². The van der Waals surface area contributed by atoms with Gasteiger partial charge in [-0.05, 0) is 5.56 Å². The van der Waals surface area contributed by atoms with Gasteiger partial charge >= 0.3 is 5.89 Å². The molecule has 0 aliphatic carbocycles. The molecule has 3 nitrogen and oxygen atoms in total. The van der Waals surface area contributed by atoms with Crippen molar-refractivity contribution in [1.29, 1.82) is 0 Å². The van der Waals surface area contributed by atoms with Crippen LogP contribution < -0.4 is 4.48 Å². The molecule has 1 atom stereocenters. The zero-order valence-electron chi connectivity index (χ0n) is 10.8. The molecule has 1 unspecified atom stereocenters. The largest absolute Gasteiger partial charge is 0.476 e. The smallest absolute Gasteiger partial charge is 0.320 e. The molecule has 0 bridgehead atoms. The van der Waals surface area contributed by atoms with E-state index in [0.29, 0.717) is 11.7 Å². The maximum absolute atomic E-state index is 10.3. The van der Waals surface area contributed by atoms with Crippen LogP contribution in [0.2, 0.25) is 0 Å². The van der Waals surface area contributed by atoms with Gasteiger partial charge in [0.15, 0.2) is 18.1 Å². The van der Waals surface area contributed by atoms with Gasteiger partial charge in [0.05, 0.1) is 0 Å². The fourth-order valence-electron chi connectivity index (χ4n) is 2.09. The van der Waals surface area contributed by atoms with Crippen LogP contribution in [-0.4, -0.2) is 13.1 Å². The predicted molar refractivity (Wildman–Crippen MR) is 76.0 cm³/mol. The Morgan fingerprint density at radius 2 is 1.55 bits per heavy atom. The molecule has 3 rings (SSSR count). The van der Waals surface area contributed by atoms with Gasteiger partial charge in [0.2, 0.25) is 0 Å². The molecule has 0 aliphatic heterocycles. The number of aliphatic hydroxyl groups is 1. The first kappa shape index (κ1) is 12.7. The zero-order valence-corrected chi connectivity index (χ0v) is 10.8. The molecular weight excluding hydrogens is 249 g/mol. The van der Waals surface area contributed by atoms with E-state index in [1.165, 1.54) is 4.48 Å². The molecule has 97 valence electrons. The van der Waals surface area contributed by atoms with E-state index >= 15 is 0 Å². The summed E-state index contributed by atoms with van der Waals surface area (Å²) in [5.74, 6) is 0.924. The monoisotopic (exact) mass is 262 g/mol. The molecule has 0 fully saturated rings. The zero-order chi connectivity index (χ0) is 13.9. The van der Waals surface area contributed by atoms with Gasteiger partial charge in [-0.15, -0.1) is 7.98 Å². The number of hydrogen-bond acceptors (Lipinski definition) is 2. The average molecular weight is 262 g/mol. The van der Waals surface area contributed by atoms with Crippen molar-refractivity contribution < 1.29 is 14.0 Å². The average Bonchev–Trinajstić information content (AvgIpc) is 2.90. The van der Waals surface area contributed by atoms with Crippen LogP contribution in [0.5, 0.6) is 0 Å². The number of aliphatic hydroxyl groups excluding tert-OH is 1. The first-order chi connectivity index (χ1) is 9.75. The molecule has 0 saturated heterocycles. The summed E-state index contributed by atoms with van der Waals surface area (Å²) in [6, 6.07) is 18.9. The Hall–Kier alpha value is -2.33. The van der Waals surface area contributed by atoms with Crippen molar-refractivity contribution in [3.05, 3.63) is 78.3 Å². The van der Waals surface area contributed by atoms with E-state index < -0.39 is 6.10 Å². The molecule has 0 spiro atoms. The highest BCUT2D eigenvalue weighted by atomic mass is 16.4. The lowest BCUT2D eigenvalue weighted by molar-refractivity contribution is -0.541. The lowest BCUT2D eigenvalue weighted by atomic mass is 10.1.